The predicted molar refractivity (Wildman–Crippen MR) is 86.5 cm³/mol. The smallest absolute Gasteiger partial charge is 0.0459 e. The first-order valence-corrected chi connectivity index (χ1v) is 8.40. The molecular formula is C17H25ClN2. The van der Waals surface area contributed by atoms with Crippen molar-refractivity contribution in [3.63, 3.8) is 0 Å². The molecule has 1 aromatic carbocycles. The van der Waals surface area contributed by atoms with Crippen molar-refractivity contribution in [2.45, 2.75) is 38.5 Å². The van der Waals surface area contributed by atoms with Gasteiger partial charge >= 0.3 is 0 Å². The van der Waals surface area contributed by atoms with Crippen LogP contribution in [0.15, 0.2) is 18.2 Å². The van der Waals surface area contributed by atoms with Gasteiger partial charge in [-0.15, -0.1) is 0 Å². The molecule has 0 bridgehead atoms. The molecule has 0 spiro atoms. The van der Waals surface area contributed by atoms with Crippen molar-refractivity contribution in [3.05, 3.63) is 28.8 Å². The number of hydrogen-bond donors (Lipinski definition) is 1. The first-order chi connectivity index (χ1) is 9.79. The molecule has 0 amide bonds. The van der Waals surface area contributed by atoms with E-state index in [0.29, 0.717) is 6.54 Å². The van der Waals surface area contributed by atoms with Gasteiger partial charge in [-0.2, -0.15) is 0 Å². The van der Waals surface area contributed by atoms with Crippen molar-refractivity contribution < 1.29 is 0 Å². The maximum absolute atomic E-state index is 6.38. The average molecular weight is 293 g/mol. The summed E-state index contributed by atoms with van der Waals surface area (Å²) in [5.41, 5.74) is 8.32. The number of rotatable bonds is 3. The molecule has 0 radical (unpaired) electrons. The summed E-state index contributed by atoms with van der Waals surface area (Å²) in [5.74, 6) is 1.86. The highest BCUT2D eigenvalue weighted by Crippen LogP contribution is 2.39. The molecule has 1 heterocycles. The standard InChI is InChI=1S/C17H25ClN2/c18-16-6-3-7-17(15(16)8-10-19)20-11-9-13-4-1-2-5-14(13)12-20/h3,6-7,13-14H,1-2,4-5,8-12,19H2. The van der Waals surface area contributed by atoms with E-state index in [2.05, 4.69) is 17.0 Å². The van der Waals surface area contributed by atoms with Crippen LogP contribution in [0, 0.1) is 11.8 Å². The molecule has 2 aliphatic rings. The second kappa shape index (κ2) is 6.36. The highest BCUT2D eigenvalue weighted by atomic mass is 35.5. The summed E-state index contributed by atoms with van der Waals surface area (Å²) in [7, 11) is 0. The predicted octanol–water partition coefficient (Wildman–Crippen LogP) is 3.86. The second-order valence-corrected chi connectivity index (χ2v) is 6.72. The number of nitrogens with zero attached hydrogens (tertiary/aromatic N) is 1. The number of fused-ring (bicyclic) bond motifs is 1. The minimum Gasteiger partial charge on any atom is -0.371 e. The van der Waals surface area contributed by atoms with Crippen LogP contribution in [0.5, 0.6) is 0 Å². The molecule has 1 saturated carbocycles. The molecule has 3 heteroatoms. The Balaban J connectivity index is 1.81. The highest BCUT2D eigenvalue weighted by Gasteiger charge is 2.31. The van der Waals surface area contributed by atoms with Gasteiger partial charge in [0.25, 0.3) is 0 Å². The number of halogens is 1. The summed E-state index contributed by atoms with van der Waals surface area (Å²) in [4.78, 5) is 2.56. The maximum atomic E-state index is 6.38. The zero-order valence-electron chi connectivity index (χ0n) is 12.2. The van der Waals surface area contributed by atoms with Crippen molar-refractivity contribution in [1.29, 1.82) is 0 Å². The molecule has 110 valence electrons. The fourth-order valence-electron chi connectivity index (χ4n) is 4.06. The van der Waals surface area contributed by atoms with Crippen LogP contribution < -0.4 is 10.6 Å². The third-order valence-electron chi connectivity index (χ3n) is 5.12. The minimum atomic E-state index is 0.663. The molecule has 20 heavy (non-hydrogen) atoms. The lowest BCUT2D eigenvalue weighted by atomic mass is 9.75. The van der Waals surface area contributed by atoms with Crippen molar-refractivity contribution in [2.75, 3.05) is 24.5 Å². The summed E-state index contributed by atoms with van der Waals surface area (Å²) in [6.07, 6.45) is 7.94. The largest absolute Gasteiger partial charge is 0.371 e. The average Bonchev–Trinajstić information content (AvgIpc) is 2.49. The summed E-state index contributed by atoms with van der Waals surface area (Å²) >= 11 is 6.38. The summed E-state index contributed by atoms with van der Waals surface area (Å²) in [5, 5.41) is 0.874. The number of hydrogen-bond acceptors (Lipinski definition) is 2. The quantitative estimate of drug-likeness (QED) is 0.917. The van der Waals surface area contributed by atoms with Gasteiger partial charge in [-0.25, -0.2) is 0 Å². The molecular weight excluding hydrogens is 268 g/mol. The van der Waals surface area contributed by atoms with E-state index in [1.807, 2.05) is 6.07 Å². The second-order valence-electron chi connectivity index (χ2n) is 6.32. The first-order valence-electron chi connectivity index (χ1n) is 8.02. The van der Waals surface area contributed by atoms with Gasteiger partial charge in [0.05, 0.1) is 0 Å². The molecule has 2 unspecified atom stereocenters. The molecule has 1 aliphatic heterocycles. The molecule has 1 aliphatic carbocycles. The molecule has 2 atom stereocenters. The Morgan fingerprint density at radius 1 is 1.15 bits per heavy atom. The van der Waals surface area contributed by atoms with Crippen LogP contribution in [0.25, 0.3) is 0 Å². The third kappa shape index (κ3) is 2.82. The topological polar surface area (TPSA) is 29.3 Å². The van der Waals surface area contributed by atoms with Gasteiger partial charge in [0.15, 0.2) is 0 Å². The SMILES string of the molecule is NCCc1c(Cl)cccc1N1CCC2CCCCC2C1. The molecule has 3 rings (SSSR count). The summed E-state index contributed by atoms with van der Waals surface area (Å²) < 4.78 is 0. The van der Waals surface area contributed by atoms with E-state index in [0.717, 1.165) is 23.3 Å². The zero-order valence-corrected chi connectivity index (χ0v) is 12.9. The lowest BCUT2D eigenvalue weighted by Gasteiger charge is -2.43. The fourth-order valence-corrected chi connectivity index (χ4v) is 4.32. The molecule has 1 aromatic rings. The van der Waals surface area contributed by atoms with Crippen LogP contribution in [-0.2, 0) is 6.42 Å². The summed E-state index contributed by atoms with van der Waals surface area (Å²) in [6.45, 7) is 3.05. The van der Waals surface area contributed by atoms with Crippen molar-refractivity contribution in [3.8, 4) is 0 Å². The zero-order chi connectivity index (χ0) is 13.9. The van der Waals surface area contributed by atoms with E-state index in [1.165, 1.54) is 56.4 Å². The number of nitrogens with two attached hydrogens (primary N) is 1. The highest BCUT2D eigenvalue weighted by molar-refractivity contribution is 6.31. The van der Waals surface area contributed by atoms with Gasteiger partial charge < -0.3 is 10.6 Å². The van der Waals surface area contributed by atoms with Crippen LogP contribution in [0.1, 0.15) is 37.7 Å². The maximum Gasteiger partial charge on any atom is 0.0459 e. The van der Waals surface area contributed by atoms with Gasteiger partial charge in [0, 0.05) is 23.8 Å². The van der Waals surface area contributed by atoms with Crippen molar-refractivity contribution in [2.24, 2.45) is 17.6 Å². The number of benzene rings is 1. The van der Waals surface area contributed by atoms with E-state index in [9.17, 15) is 0 Å². The minimum absolute atomic E-state index is 0.663. The Bertz CT molecular complexity index is 460. The van der Waals surface area contributed by atoms with Crippen molar-refractivity contribution >= 4 is 17.3 Å². The molecule has 0 aromatic heterocycles. The molecule has 2 N–H and O–H groups in total. The van der Waals surface area contributed by atoms with E-state index in [-0.39, 0.29) is 0 Å². The van der Waals surface area contributed by atoms with Crippen LogP contribution in [-0.4, -0.2) is 19.6 Å². The number of anilines is 1. The monoisotopic (exact) mass is 292 g/mol. The lowest BCUT2D eigenvalue weighted by Crippen LogP contribution is -2.42. The Hall–Kier alpha value is -0.730. The van der Waals surface area contributed by atoms with Crippen LogP contribution in [0.3, 0.4) is 0 Å². The van der Waals surface area contributed by atoms with E-state index < -0.39 is 0 Å². The number of piperidine rings is 1. The van der Waals surface area contributed by atoms with Crippen LogP contribution in [0.2, 0.25) is 5.02 Å². The Kier molecular flexibility index (Phi) is 4.52. The van der Waals surface area contributed by atoms with E-state index in [1.54, 1.807) is 0 Å². The Labute approximate surface area is 127 Å². The lowest BCUT2D eigenvalue weighted by molar-refractivity contribution is 0.202. The van der Waals surface area contributed by atoms with E-state index in [4.69, 9.17) is 17.3 Å². The van der Waals surface area contributed by atoms with Gasteiger partial charge in [0.1, 0.15) is 0 Å². The fraction of sp³-hybridized carbons (Fsp3) is 0.647. The molecule has 2 nitrogen and oxygen atoms in total. The summed E-state index contributed by atoms with van der Waals surface area (Å²) in [6, 6.07) is 6.29. The van der Waals surface area contributed by atoms with Gasteiger partial charge in [-0.3, -0.25) is 0 Å². The van der Waals surface area contributed by atoms with Gasteiger partial charge in [-0.05, 0) is 55.3 Å². The normalized spacial score (nSPS) is 26.4. The van der Waals surface area contributed by atoms with Gasteiger partial charge in [-0.1, -0.05) is 36.9 Å². The molecule has 2 fully saturated rings. The molecule has 1 saturated heterocycles. The van der Waals surface area contributed by atoms with Gasteiger partial charge in [0.2, 0.25) is 0 Å². The van der Waals surface area contributed by atoms with Crippen LogP contribution >= 0.6 is 11.6 Å². The van der Waals surface area contributed by atoms with E-state index >= 15 is 0 Å². The third-order valence-corrected chi connectivity index (χ3v) is 5.47. The van der Waals surface area contributed by atoms with Crippen LogP contribution in [0.4, 0.5) is 5.69 Å². The Morgan fingerprint density at radius 3 is 2.75 bits per heavy atom. The van der Waals surface area contributed by atoms with Crippen molar-refractivity contribution in [1.82, 2.24) is 0 Å². The Morgan fingerprint density at radius 2 is 1.95 bits per heavy atom. The first kappa shape index (κ1) is 14.2.